The average molecular weight is 481 g/mol. The topological polar surface area (TPSA) is 84.9 Å². The number of nitrogens with zero attached hydrogens (tertiary/aromatic N) is 1. The Morgan fingerprint density at radius 1 is 1.13 bits per heavy atom. The molecule has 31 heavy (non-hydrogen) atoms. The molecule has 2 aromatic carbocycles. The zero-order valence-electron chi connectivity index (χ0n) is 16.4. The van der Waals surface area contributed by atoms with Crippen molar-refractivity contribution in [1.29, 1.82) is 0 Å². The summed E-state index contributed by atoms with van der Waals surface area (Å²) in [5, 5.41) is 2.86. The number of ether oxygens (including phenoxy) is 2. The molecule has 7 nitrogen and oxygen atoms in total. The zero-order chi connectivity index (χ0) is 22.4. The van der Waals surface area contributed by atoms with Gasteiger partial charge in [0.2, 0.25) is 0 Å². The maximum absolute atomic E-state index is 12.6. The summed E-state index contributed by atoms with van der Waals surface area (Å²) in [5.41, 5.74) is 0.543. The molecule has 1 saturated heterocycles. The summed E-state index contributed by atoms with van der Waals surface area (Å²) in [5.74, 6) is 0.111. The number of imide groups is 1. The van der Waals surface area contributed by atoms with Gasteiger partial charge in [0.05, 0.1) is 22.1 Å². The summed E-state index contributed by atoms with van der Waals surface area (Å²) >= 11 is 12.9. The number of hydrogen-bond acceptors (Lipinski definition) is 6. The van der Waals surface area contributed by atoms with Gasteiger partial charge in [-0.15, -0.1) is 0 Å². The number of benzene rings is 2. The minimum absolute atomic E-state index is 0.0334. The molecule has 10 heteroatoms. The van der Waals surface area contributed by atoms with Crippen LogP contribution in [0.4, 0.5) is 4.79 Å². The van der Waals surface area contributed by atoms with Crippen LogP contribution < -0.4 is 14.8 Å². The Morgan fingerprint density at radius 2 is 1.87 bits per heavy atom. The van der Waals surface area contributed by atoms with E-state index in [4.69, 9.17) is 32.7 Å². The fourth-order valence-electron chi connectivity index (χ4n) is 2.71. The molecule has 0 aliphatic carbocycles. The summed E-state index contributed by atoms with van der Waals surface area (Å²) in [6.07, 6.45) is 1.53. The second-order valence-corrected chi connectivity index (χ2v) is 8.04. The van der Waals surface area contributed by atoms with Gasteiger partial charge in [0.1, 0.15) is 0 Å². The van der Waals surface area contributed by atoms with Crippen molar-refractivity contribution in [2.24, 2.45) is 0 Å². The Hall–Kier alpha value is -2.68. The van der Waals surface area contributed by atoms with Crippen LogP contribution in [0.15, 0.2) is 47.4 Å². The molecule has 162 valence electrons. The van der Waals surface area contributed by atoms with Gasteiger partial charge in [0.15, 0.2) is 18.1 Å². The molecule has 1 fully saturated rings. The molecular weight excluding hydrogens is 463 g/mol. The van der Waals surface area contributed by atoms with Gasteiger partial charge in [-0.1, -0.05) is 47.5 Å². The lowest BCUT2D eigenvalue weighted by Crippen LogP contribution is -2.38. The van der Waals surface area contributed by atoms with Crippen molar-refractivity contribution < 1.29 is 23.9 Å². The lowest BCUT2D eigenvalue weighted by molar-refractivity contribution is -0.125. The third-order valence-electron chi connectivity index (χ3n) is 4.23. The van der Waals surface area contributed by atoms with Crippen LogP contribution in [0, 0.1) is 0 Å². The molecule has 1 N–H and O–H groups in total. The van der Waals surface area contributed by atoms with E-state index in [1.165, 1.54) is 13.2 Å². The number of nitrogens with one attached hydrogen (secondary N) is 1. The highest BCUT2D eigenvalue weighted by atomic mass is 35.5. The first-order valence-electron chi connectivity index (χ1n) is 9.12. The highest BCUT2D eigenvalue weighted by Gasteiger charge is 2.34. The molecule has 0 radical (unpaired) electrons. The summed E-state index contributed by atoms with van der Waals surface area (Å²) in [6, 6.07) is 12.0. The molecule has 0 saturated carbocycles. The molecule has 3 rings (SSSR count). The lowest BCUT2D eigenvalue weighted by atomic mass is 10.2. The number of carbonyl (C=O) groups is 3. The lowest BCUT2D eigenvalue weighted by Gasteiger charge is -2.14. The molecule has 1 aliphatic rings. The SMILES string of the molecule is COc1ccccc1OCC(=O)NCCN1C(=O)S/C(=C\c2cccc(Cl)c2Cl)C1=O. The molecule has 3 amide bonds. The largest absolute Gasteiger partial charge is 0.493 e. The van der Waals surface area contributed by atoms with Crippen molar-refractivity contribution in [2.45, 2.75) is 0 Å². The number of methoxy groups -OCH3 is 1. The molecule has 0 bridgehead atoms. The summed E-state index contributed by atoms with van der Waals surface area (Å²) in [7, 11) is 1.51. The summed E-state index contributed by atoms with van der Waals surface area (Å²) in [4.78, 5) is 38.1. The minimum atomic E-state index is -0.453. The van der Waals surface area contributed by atoms with Gasteiger partial charge in [0, 0.05) is 13.1 Å². The summed E-state index contributed by atoms with van der Waals surface area (Å²) in [6.45, 7) is -0.0987. The van der Waals surface area contributed by atoms with E-state index in [0.29, 0.717) is 27.1 Å². The molecule has 0 unspecified atom stereocenters. The maximum atomic E-state index is 12.6. The van der Waals surface area contributed by atoms with Gasteiger partial charge < -0.3 is 14.8 Å². The number of hydrogen-bond donors (Lipinski definition) is 1. The standard InChI is InChI=1S/C21H18Cl2N2O5S/c1-29-15-7-2-3-8-16(15)30-12-18(26)24-9-10-25-20(27)17(31-21(25)28)11-13-5-4-6-14(22)19(13)23/h2-8,11H,9-10,12H2,1H3,(H,24,26)/b17-11-. The Balaban J connectivity index is 1.52. The van der Waals surface area contributed by atoms with E-state index in [1.807, 2.05) is 0 Å². The minimum Gasteiger partial charge on any atom is -0.493 e. The zero-order valence-corrected chi connectivity index (χ0v) is 18.7. The van der Waals surface area contributed by atoms with Gasteiger partial charge in [-0.3, -0.25) is 19.3 Å². The van der Waals surface area contributed by atoms with Gasteiger partial charge in [-0.05, 0) is 41.6 Å². The highest BCUT2D eigenvalue weighted by Crippen LogP contribution is 2.34. The third-order valence-corrected chi connectivity index (χ3v) is 5.97. The first-order chi connectivity index (χ1) is 14.9. The number of rotatable bonds is 8. The third kappa shape index (κ3) is 5.72. The predicted octanol–water partition coefficient (Wildman–Crippen LogP) is 4.23. The van der Waals surface area contributed by atoms with Crippen molar-refractivity contribution in [3.05, 3.63) is 63.0 Å². The fourth-order valence-corrected chi connectivity index (χ4v) is 3.92. The molecule has 0 spiro atoms. The van der Waals surface area contributed by atoms with Crippen LogP contribution >= 0.6 is 35.0 Å². The predicted molar refractivity (Wildman–Crippen MR) is 121 cm³/mol. The van der Waals surface area contributed by atoms with Crippen LogP contribution in [0.5, 0.6) is 11.5 Å². The Kier molecular flexibility index (Phi) is 7.84. The number of halogens is 2. The van der Waals surface area contributed by atoms with Crippen molar-refractivity contribution in [3.63, 3.8) is 0 Å². The summed E-state index contributed by atoms with van der Waals surface area (Å²) < 4.78 is 10.6. The van der Waals surface area contributed by atoms with Crippen LogP contribution in [-0.4, -0.2) is 48.8 Å². The first kappa shape index (κ1) is 23.0. The molecular formula is C21H18Cl2N2O5S. The van der Waals surface area contributed by atoms with Crippen molar-refractivity contribution in [3.8, 4) is 11.5 Å². The van der Waals surface area contributed by atoms with Gasteiger partial charge in [-0.25, -0.2) is 0 Å². The van der Waals surface area contributed by atoms with E-state index < -0.39 is 11.1 Å². The molecule has 0 atom stereocenters. The monoisotopic (exact) mass is 480 g/mol. The number of para-hydroxylation sites is 2. The molecule has 1 heterocycles. The van der Waals surface area contributed by atoms with Crippen molar-refractivity contribution in [1.82, 2.24) is 10.2 Å². The van der Waals surface area contributed by atoms with Crippen LogP contribution in [0.3, 0.4) is 0 Å². The van der Waals surface area contributed by atoms with E-state index in [-0.39, 0.29) is 30.5 Å². The van der Waals surface area contributed by atoms with Gasteiger partial charge in [-0.2, -0.15) is 0 Å². The second-order valence-electron chi connectivity index (χ2n) is 6.27. The van der Waals surface area contributed by atoms with Crippen LogP contribution in [-0.2, 0) is 9.59 Å². The van der Waals surface area contributed by atoms with Crippen LogP contribution in [0.2, 0.25) is 10.0 Å². The first-order valence-corrected chi connectivity index (χ1v) is 10.7. The van der Waals surface area contributed by atoms with E-state index >= 15 is 0 Å². The highest BCUT2D eigenvalue weighted by molar-refractivity contribution is 8.18. The van der Waals surface area contributed by atoms with Gasteiger partial charge in [0.25, 0.3) is 17.1 Å². The average Bonchev–Trinajstić information content (AvgIpc) is 3.03. The van der Waals surface area contributed by atoms with Crippen molar-refractivity contribution in [2.75, 3.05) is 26.8 Å². The molecule has 1 aliphatic heterocycles. The molecule has 2 aromatic rings. The van der Waals surface area contributed by atoms with E-state index in [1.54, 1.807) is 42.5 Å². The fraction of sp³-hybridized carbons (Fsp3) is 0.190. The van der Waals surface area contributed by atoms with Gasteiger partial charge >= 0.3 is 0 Å². The van der Waals surface area contributed by atoms with E-state index in [2.05, 4.69) is 5.32 Å². The number of carbonyl (C=O) groups excluding carboxylic acids is 3. The molecule has 0 aromatic heterocycles. The Morgan fingerprint density at radius 3 is 2.61 bits per heavy atom. The Labute approximate surface area is 193 Å². The quantitative estimate of drug-likeness (QED) is 0.568. The smallest absolute Gasteiger partial charge is 0.293 e. The Bertz CT molecular complexity index is 1040. The second kappa shape index (κ2) is 10.6. The number of thioether (sulfide) groups is 1. The number of amides is 3. The van der Waals surface area contributed by atoms with E-state index in [9.17, 15) is 14.4 Å². The normalized spacial score (nSPS) is 14.8. The van der Waals surface area contributed by atoms with Crippen LogP contribution in [0.25, 0.3) is 6.08 Å². The van der Waals surface area contributed by atoms with Crippen molar-refractivity contribution >= 4 is 58.1 Å². The maximum Gasteiger partial charge on any atom is 0.293 e. The van der Waals surface area contributed by atoms with E-state index in [0.717, 1.165) is 16.7 Å². The van der Waals surface area contributed by atoms with Crippen LogP contribution in [0.1, 0.15) is 5.56 Å².